The molecule has 188 valence electrons. The maximum absolute atomic E-state index is 13.4. The van der Waals surface area contributed by atoms with Crippen molar-refractivity contribution in [3.05, 3.63) is 90.0 Å². The molecule has 0 aliphatic carbocycles. The van der Waals surface area contributed by atoms with E-state index in [9.17, 15) is 18.0 Å². The first-order valence-corrected chi connectivity index (χ1v) is 12.9. The summed E-state index contributed by atoms with van der Waals surface area (Å²) in [6, 6.07) is 21.3. The number of hydrogen-bond acceptors (Lipinski definition) is 5. The molecule has 36 heavy (non-hydrogen) atoms. The molecule has 0 saturated carbocycles. The van der Waals surface area contributed by atoms with E-state index in [4.69, 9.17) is 4.74 Å². The Labute approximate surface area is 210 Å². The highest BCUT2D eigenvalue weighted by atomic mass is 32.2. The Morgan fingerprint density at radius 3 is 2.36 bits per heavy atom. The van der Waals surface area contributed by atoms with Crippen LogP contribution in [0, 0.1) is 0 Å². The van der Waals surface area contributed by atoms with Gasteiger partial charge in [0.1, 0.15) is 11.8 Å². The van der Waals surface area contributed by atoms with Gasteiger partial charge in [0.2, 0.25) is 5.91 Å². The van der Waals surface area contributed by atoms with E-state index in [2.05, 4.69) is 10.0 Å². The van der Waals surface area contributed by atoms with E-state index in [1.807, 2.05) is 42.5 Å². The summed E-state index contributed by atoms with van der Waals surface area (Å²) in [6.07, 6.45) is 0.737. The van der Waals surface area contributed by atoms with Crippen LogP contribution in [0.4, 0.5) is 16.2 Å². The van der Waals surface area contributed by atoms with Gasteiger partial charge in [-0.15, -0.1) is 0 Å². The fourth-order valence-corrected chi connectivity index (χ4v) is 5.31. The first-order chi connectivity index (χ1) is 17.3. The molecule has 4 rings (SSSR count). The number of methoxy groups -OCH3 is 1. The molecular formula is C26H28N4O5S. The minimum Gasteiger partial charge on any atom is -0.497 e. The van der Waals surface area contributed by atoms with Crippen molar-refractivity contribution in [3.8, 4) is 5.75 Å². The number of anilines is 2. The fourth-order valence-electron chi connectivity index (χ4n) is 4.13. The number of para-hydroxylation sites is 1. The van der Waals surface area contributed by atoms with Crippen molar-refractivity contribution in [2.24, 2.45) is 0 Å². The summed E-state index contributed by atoms with van der Waals surface area (Å²) in [5.41, 5.74) is 2.84. The lowest BCUT2D eigenvalue weighted by Gasteiger charge is -2.26. The van der Waals surface area contributed by atoms with Gasteiger partial charge < -0.3 is 15.0 Å². The highest BCUT2D eigenvalue weighted by Gasteiger charge is 2.32. The van der Waals surface area contributed by atoms with Gasteiger partial charge in [0.25, 0.3) is 0 Å². The van der Waals surface area contributed by atoms with Crippen molar-refractivity contribution in [3.63, 3.8) is 0 Å². The van der Waals surface area contributed by atoms with E-state index < -0.39 is 28.2 Å². The Morgan fingerprint density at radius 1 is 1.00 bits per heavy atom. The zero-order valence-electron chi connectivity index (χ0n) is 20.0. The molecule has 0 fully saturated rings. The van der Waals surface area contributed by atoms with Crippen molar-refractivity contribution < 1.29 is 22.7 Å². The van der Waals surface area contributed by atoms with Gasteiger partial charge in [-0.25, -0.2) is 9.52 Å². The number of nitrogens with zero attached hydrogens (tertiary/aromatic N) is 2. The van der Waals surface area contributed by atoms with Crippen LogP contribution in [0.25, 0.3) is 0 Å². The number of benzene rings is 3. The van der Waals surface area contributed by atoms with Crippen LogP contribution in [-0.2, 0) is 27.8 Å². The zero-order chi connectivity index (χ0) is 25.7. The fraction of sp³-hybridized carbons (Fsp3) is 0.231. The third-order valence-corrected chi connectivity index (χ3v) is 7.44. The number of amides is 3. The van der Waals surface area contributed by atoms with Crippen LogP contribution >= 0.6 is 0 Å². The van der Waals surface area contributed by atoms with Crippen molar-refractivity contribution >= 4 is 33.5 Å². The van der Waals surface area contributed by atoms with Crippen LogP contribution in [0.5, 0.6) is 5.75 Å². The molecule has 3 aromatic carbocycles. The number of carbonyl (C=O) groups excluding carboxylic acids is 2. The molecule has 3 aromatic rings. The minimum atomic E-state index is -4.16. The quantitative estimate of drug-likeness (QED) is 0.487. The Hall–Kier alpha value is -4.05. The van der Waals surface area contributed by atoms with Crippen LogP contribution in [0.1, 0.15) is 11.1 Å². The number of rotatable bonds is 8. The second-order valence-corrected chi connectivity index (χ2v) is 9.96. The molecule has 1 atom stereocenters. The van der Waals surface area contributed by atoms with E-state index in [0.29, 0.717) is 23.5 Å². The largest absolute Gasteiger partial charge is 0.497 e. The molecule has 1 aliphatic rings. The van der Waals surface area contributed by atoms with E-state index in [1.165, 1.54) is 9.21 Å². The summed E-state index contributed by atoms with van der Waals surface area (Å²) >= 11 is 0. The lowest BCUT2D eigenvalue weighted by atomic mass is 10.0. The Balaban J connectivity index is 1.51. The van der Waals surface area contributed by atoms with Crippen LogP contribution in [-0.4, -0.2) is 47.1 Å². The molecule has 0 bridgehead atoms. The monoisotopic (exact) mass is 508 g/mol. The Bertz CT molecular complexity index is 1330. The second kappa shape index (κ2) is 10.7. The number of urea groups is 1. The van der Waals surface area contributed by atoms with Gasteiger partial charge in [-0.2, -0.15) is 8.42 Å². The third kappa shape index (κ3) is 5.60. The molecule has 0 unspecified atom stereocenters. The van der Waals surface area contributed by atoms with Crippen molar-refractivity contribution in [1.29, 1.82) is 0 Å². The van der Waals surface area contributed by atoms with Gasteiger partial charge >= 0.3 is 16.2 Å². The number of carbonyl (C=O) groups is 2. The predicted molar refractivity (Wildman–Crippen MR) is 138 cm³/mol. The van der Waals surface area contributed by atoms with Gasteiger partial charge in [-0.1, -0.05) is 48.5 Å². The molecule has 0 saturated heterocycles. The lowest BCUT2D eigenvalue weighted by molar-refractivity contribution is -0.120. The average molecular weight is 509 g/mol. The second-order valence-electron chi connectivity index (χ2n) is 8.37. The first-order valence-electron chi connectivity index (χ1n) is 11.4. The topological polar surface area (TPSA) is 108 Å². The Morgan fingerprint density at radius 2 is 1.67 bits per heavy atom. The standard InChI is InChI=1S/C26H28N4O5S/c1-29(21-12-14-22(35-2)15-13-21)25(31)23(18-19-8-4-3-5-9-19)27-26(32)28-36(33,34)30-17-16-20-10-6-7-11-24(20)30/h3-15,23H,16-18H2,1-2H3,(H2,27,28,32)/t23-/m0/s1. The zero-order valence-corrected chi connectivity index (χ0v) is 20.9. The molecule has 3 amide bonds. The van der Waals surface area contributed by atoms with E-state index in [-0.39, 0.29) is 13.0 Å². The van der Waals surface area contributed by atoms with Gasteiger partial charge in [0.15, 0.2) is 0 Å². The average Bonchev–Trinajstić information content (AvgIpc) is 3.33. The van der Waals surface area contributed by atoms with Crippen LogP contribution in [0.3, 0.4) is 0 Å². The summed E-state index contributed by atoms with van der Waals surface area (Å²) in [5, 5.41) is 2.57. The maximum Gasteiger partial charge on any atom is 0.330 e. The van der Waals surface area contributed by atoms with Gasteiger partial charge in [-0.3, -0.25) is 9.10 Å². The molecule has 10 heteroatoms. The molecule has 0 radical (unpaired) electrons. The molecule has 9 nitrogen and oxygen atoms in total. The van der Waals surface area contributed by atoms with E-state index in [1.54, 1.807) is 50.6 Å². The number of fused-ring (bicyclic) bond motifs is 1. The highest BCUT2D eigenvalue weighted by molar-refractivity contribution is 7.91. The highest BCUT2D eigenvalue weighted by Crippen LogP contribution is 2.29. The number of ether oxygens (including phenoxy) is 1. The van der Waals surface area contributed by atoms with Crippen LogP contribution < -0.4 is 24.0 Å². The smallest absolute Gasteiger partial charge is 0.330 e. The number of nitrogens with one attached hydrogen (secondary N) is 2. The van der Waals surface area contributed by atoms with Crippen molar-refractivity contribution in [2.75, 3.05) is 29.9 Å². The van der Waals surface area contributed by atoms with Gasteiger partial charge in [0, 0.05) is 25.7 Å². The van der Waals surface area contributed by atoms with E-state index in [0.717, 1.165) is 11.1 Å². The molecule has 0 spiro atoms. The molecule has 0 aromatic heterocycles. The summed E-state index contributed by atoms with van der Waals surface area (Å²) in [6.45, 7) is 0.231. The molecule has 1 heterocycles. The molecule has 2 N–H and O–H groups in total. The summed E-state index contributed by atoms with van der Waals surface area (Å²) in [5.74, 6) is 0.245. The molecular weight excluding hydrogens is 480 g/mol. The van der Waals surface area contributed by atoms with E-state index >= 15 is 0 Å². The third-order valence-electron chi connectivity index (χ3n) is 6.03. The normalized spacial score (nSPS) is 13.4. The first kappa shape index (κ1) is 25.1. The molecule has 1 aliphatic heterocycles. The van der Waals surface area contributed by atoms with Crippen molar-refractivity contribution in [1.82, 2.24) is 10.0 Å². The maximum atomic E-state index is 13.4. The number of likely N-dealkylation sites (N-methyl/N-ethyl adjacent to an activating group) is 1. The van der Waals surface area contributed by atoms with Crippen molar-refractivity contribution in [2.45, 2.75) is 18.9 Å². The minimum absolute atomic E-state index is 0.181. The summed E-state index contributed by atoms with van der Waals surface area (Å²) in [4.78, 5) is 27.7. The number of hydrogen-bond donors (Lipinski definition) is 2. The summed E-state index contributed by atoms with van der Waals surface area (Å²) in [7, 11) is -1.01. The lowest BCUT2D eigenvalue weighted by Crippen LogP contribution is -2.54. The Kier molecular flexibility index (Phi) is 7.44. The van der Waals surface area contributed by atoms with Gasteiger partial charge in [0.05, 0.1) is 12.8 Å². The SMILES string of the molecule is COc1ccc(N(C)C(=O)[C@H](Cc2ccccc2)NC(=O)NS(=O)(=O)N2CCc3ccccc32)cc1. The van der Waals surface area contributed by atoms with Gasteiger partial charge in [-0.05, 0) is 47.9 Å². The summed E-state index contributed by atoms with van der Waals surface area (Å²) < 4.78 is 34.4. The van der Waals surface area contributed by atoms with Crippen LogP contribution in [0.2, 0.25) is 0 Å². The van der Waals surface area contributed by atoms with Crippen LogP contribution in [0.15, 0.2) is 78.9 Å². The predicted octanol–water partition coefficient (Wildman–Crippen LogP) is 2.88.